The van der Waals surface area contributed by atoms with Gasteiger partial charge in [-0.15, -0.1) is 11.8 Å². The lowest BCUT2D eigenvalue weighted by molar-refractivity contribution is -0.126. The molecule has 0 aliphatic carbocycles. The molecule has 4 nitrogen and oxygen atoms in total. The first kappa shape index (κ1) is 15.2. The summed E-state index contributed by atoms with van der Waals surface area (Å²) in [5, 5.41) is 3.31. The molecule has 2 rings (SSSR count). The van der Waals surface area contributed by atoms with Gasteiger partial charge in [-0.1, -0.05) is 23.7 Å². The maximum atomic E-state index is 12.1. The second kappa shape index (κ2) is 6.50. The zero-order valence-corrected chi connectivity index (χ0v) is 13.0. The highest BCUT2D eigenvalue weighted by Crippen LogP contribution is 2.30. The number of thioether (sulfide) groups is 1. The third-order valence-electron chi connectivity index (χ3n) is 3.20. The number of nitrogens with one attached hydrogen (secondary N) is 1. The van der Waals surface area contributed by atoms with Gasteiger partial charge in [0, 0.05) is 24.9 Å². The van der Waals surface area contributed by atoms with Gasteiger partial charge in [0.2, 0.25) is 11.8 Å². The third-order valence-corrected chi connectivity index (χ3v) is 4.82. The van der Waals surface area contributed by atoms with E-state index in [1.807, 2.05) is 25.1 Å². The SMILES string of the molecule is C[C@H](Sc1ccccc1Cl)C(=O)N[C@@H]1CC(=O)N(C)C1. The molecule has 108 valence electrons. The van der Waals surface area contributed by atoms with Crippen LogP contribution in [-0.2, 0) is 9.59 Å². The Bertz CT molecular complexity index is 524. The van der Waals surface area contributed by atoms with Crippen LogP contribution in [0.5, 0.6) is 0 Å². The molecule has 1 aliphatic rings. The van der Waals surface area contributed by atoms with Gasteiger partial charge in [-0.3, -0.25) is 9.59 Å². The predicted octanol–water partition coefficient (Wildman–Crippen LogP) is 2.17. The molecule has 1 saturated heterocycles. The Balaban J connectivity index is 1.90. The first-order chi connectivity index (χ1) is 9.47. The van der Waals surface area contributed by atoms with Gasteiger partial charge in [0.15, 0.2) is 0 Å². The Morgan fingerprint density at radius 3 is 2.80 bits per heavy atom. The van der Waals surface area contributed by atoms with Crippen molar-refractivity contribution < 1.29 is 9.59 Å². The molecule has 6 heteroatoms. The van der Waals surface area contributed by atoms with Gasteiger partial charge in [0.1, 0.15) is 0 Å². The van der Waals surface area contributed by atoms with Crippen LogP contribution < -0.4 is 5.32 Å². The number of rotatable bonds is 4. The Morgan fingerprint density at radius 1 is 1.50 bits per heavy atom. The van der Waals surface area contributed by atoms with Crippen LogP contribution in [0.3, 0.4) is 0 Å². The molecule has 0 bridgehead atoms. The second-order valence-electron chi connectivity index (χ2n) is 4.87. The molecule has 1 heterocycles. The van der Waals surface area contributed by atoms with Gasteiger partial charge in [0.05, 0.1) is 16.3 Å². The molecular weight excluding hydrogens is 296 g/mol. The molecule has 0 radical (unpaired) electrons. The number of halogens is 1. The van der Waals surface area contributed by atoms with Crippen molar-refractivity contribution in [1.29, 1.82) is 0 Å². The summed E-state index contributed by atoms with van der Waals surface area (Å²) in [4.78, 5) is 26.1. The Hall–Kier alpha value is -1.20. The average molecular weight is 313 g/mol. The molecule has 1 aromatic rings. The highest BCUT2D eigenvalue weighted by molar-refractivity contribution is 8.00. The zero-order chi connectivity index (χ0) is 14.7. The van der Waals surface area contributed by atoms with E-state index in [2.05, 4.69) is 5.32 Å². The molecule has 0 aromatic heterocycles. The van der Waals surface area contributed by atoms with E-state index in [1.165, 1.54) is 11.8 Å². The minimum atomic E-state index is -0.254. The summed E-state index contributed by atoms with van der Waals surface area (Å²) in [5.74, 6) is 0.00438. The number of amides is 2. The minimum absolute atomic E-state index is 0.0666. The molecule has 1 fully saturated rings. The summed E-state index contributed by atoms with van der Waals surface area (Å²) < 4.78 is 0. The fourth-order valence-electron chi connectivity index (χ4n) is 2.06. The number of likely N-dealkylation sites (tertiary alicyclic amines) is 1. The lowest BCUT2D eigenvalue weighted by atomic mass is 10.2. The first-order valence-corrected chi connectivity index (χ1v) is 7.68. The van der Waals surface area contributed by atoms with Crippen LogP contribution in [-0.4, -0.2) is 41.6 Å². The van der Waals surface area contributed by atoms with Gasteiger partial charge in [-0.05, 0) is 19.1 Å². The number of carbonyl (C=O) groups excluding carboxylic acids is 2. The number of hydrogen-bond acceptors (Lipinski definition) is 3. The van der Waals surface area contributed by atoms with Crippen LogP contribution in [0.2, 0.25) is 5.02 Å². The number of carbonyl (C=O) groups is 2. The number of benzene rings is 1. The number of hydrogen-bond donors (Lipinski definition) is 1. The van der Waals surface area contributed by atoms with Crippen LogP contribution >= 0.6 is 23.4 Å². The fourth-order valence-corrected chi connectivity index (χ4v) is 3.23. The summed E-state index contributed by atoms with van der Waals surface area (Å²) in [6.45, 7) is 2.41. The van der Waals surface area contributed by atoms with Gasteiger partial charge >= 0.3 is 0 Å². The maximum Gasteiger partial charge on any atom is 0.233 e. The largest absolute Gasteiger partial charge is 0.350 e. The topological polar surface area (TPSA) is 49.4 Å². The monoisotopic (exact) mass is 312 g/mol. The molecule has 1 N–H and O–H groups in total. The Labute approximate surface area is 127 Å². The van der Waals surface area contributed by atoms with Gasteiger partial charge in [-0.25, -0.2) is 0 Å². The minimum Gasteiger partial charge on any atom is -0.350 e. The smallest absolute Gasteiger partial charge is 0.233 e. The molecule has 0 unspecified atom stereocenters. The molecular formula is C14H17ClN2O2S. The molecule has 2 atom stereocenters. The molecule has 2 amide bonds. The lowest BCUT2D eigenvalue weighted by Gasteiger charge is -2.16. The number of likely N-dealkylation sites (N-methyl/N-ethyl adjacent to an activating group) is 1. The van der Waals surface area contributed by atoms with Crippen molar-refractivity contribution in [3.8, 4) is 0 Å². The number of nitrogens with zero attached hydrogens (tertiary/aromatic N) is 1. The lowest BCUT2D eigenvalue weighted by Crippen LogP contribution is -2.40. The summed E-state index contributed by atoms with van der Waals surface area (Å²) in [6.07, 6.45) is 0.381. The molecule has 1 aliphatic heterocycles. The molecule has 20 heavy (non-hydrogen) atoms. The summed E-state index contributed by atoms with van der Waals surface area (Å²) in [7, 11) is 1.75. The van der Waals surface area contributed by atoms with E-state index in [9.17, 15) is 9.59 Å². The van der Waals surface area contributed by atoms with Crippen LogP contribution in [0.15, 0.2) is 29.2 Å². The van der Waals surface area contributed by atoms with Crippen LogP contribution in [0.1, 0.15) is 13.3 Å². The van der Waals surface area contributed by atoms with Gasteiger partial charge in [-0.2, -0.15) is 0 Å². The predicted molar refractivity (Wildman–Crippen MR) is 81.0 cm³/mol. The standard InChI is InChI=1S/C14H17ClN2O2S/c1-9(20-12-6-4-3-5-11(12)15)14(19)16-10-7-13(18)17(2)8-10/h3-6,9-10H,7-8H2,1-2H3,(H,16,19)/t9-,10+/m0/s1. The van der Waals surface area contributed by atoms with Crippen LogP contribution in [0.4, 0.5) is 0 Å². The molecule has 1 aromatic carbocycles. The highest BCUT2D eigenvalue weighted by Gasteiger charge is 2.29. The highest BCUT2D eigenvalue weighted by atomic mass is 35.5. The van der Waals surface area contributed by atoms with E-state index >= 15 is 0 Å². The summed E-state index contributed by atoms with van der Waals surface area (Å²) in [6, 6.07) is 7.36. The van der Waals surface area contributed by atoms with E-state index in [4.69, 9.17) is 11.6 Å². The average Bonchev–Trinajstić information content (AvgIpc) is 2.71. The van der Waals surface area contributed by atoms with E-state index in [1.54, 1.807) is 18.0 Å². The quantitative estimate of drug-likeness (QED) is 0.867. The van der Waals surface area contributed by atoms with Crippen LogP contribution in [0.25, 0.3) is 0 Å². The third kappa shape index (κ3) is 3.67. The van der Waals surface area contributed by atoms with Crippen molar-refractivity contribution >= 4 is 35.2 Å². The van der Waals surface area contributed by atoms with E-state index in [0.29, 0.717) is 18.0 Å². The molecule has 0 spiro atoms. The normalized spacial score (nSPS) is 20.1. The van der Waals surface area contributed by atoms with Crippen molar-refractivity contribution in [3.05, 3.63) is 29.3 Å². The van der Waals surface area contributed by atoms with Crippen molar-refractivity contribution in [1.82, 2.24) is 10.2 Å². The van der Waals surface area contributed by atoms with Gasteiger partial charge < -0.3 is 10.2 Å². The van der Waals surface area contributed by atoms with E-state index < -0.39 is 0 Å². The Kier molecular flexibility index (Phi) is 4.94. The fraction of sp³-hybridized carbons (Fsp3) is 0.429. The Morgan fingerprint density at radius 2 is 2.20 bits per heavy atom. The van der Waals surface area contributed by atoms with Crippen molar-refractivity contribution in [2.45, 2.75) is 29.5 Å². The first-order valence-electron chi connectivity index (χ1n) is 6.43. The summed E-state index contributed by atoms with van der Waals surface area (Å²) >= 11 is 7.50. The van der Waals surface area contributed by atoms with Crippen LogP contribution in [0, 0.1) is 0 Å². The van der Waals surface area contributed by atoms with Crippen molar-refractivity contribution in [2.75, 3.05) is 13.6 Å². The summed E-state index contributed by atoms with van der Waals surface area (Å²) in [5.41, 5.74) is 0. The maximum absolute atomic E-state index is 12.1. The van der Waals surface area contributed by atoms with Crippen molar-refractivity contribution in [2.24, 2.45) is 0 Å². The van der Waals surface area contributed by atoms with E-state index in [0.717, 1.165) is 4.90 Å². The molecule has 0 saturated carbocycles. The zero-order valence-electron chi connectivity index (χ0n) is 11.4. The van der Waals surface area contributed by atoms with Crippen molar-refractivity contribution in [3.63, 3.8) is 0 Å². The van der Waals surface area contributed by atoms with E-state index in [-0.39, 0.29) is 23.1 Å². The second-order valence-corrected chi connectivity index (χ2v) is 6.66. The van der Waals surface area contributed by atoms with Gasteiger partial charge in [0.25, 0.3) is 0 Å².